The second kappa shape index (κ2) is 8.78. The van der Waals surface area contributed by atoms with E-state index in [1.54, 1.807) is 6.07 Å². The molecule has 1 aromatic carbocycles. The molecule has 1 fully saturated rings. The maximum Gasteiger partial charge on any atom is 0.527 e. The number of piperidine rings is 1. The van der Waals surface area contributed by atoms with Crippen LogP contribution in [0.5, 0.6) is 5.75 Å². The Kier molecular flexibility index (Phi) is 6.89. The molecule has 0 saturated carbocycles. The SMILES string of the molecule is CCCCC1(C)C2Cc3ccc(OP(=O)(O)OC)cc3C1(C)CCN2CC=C(C)C. The Labute approximate surface area is 182 Å². The lowest BCUT2D eigenvalue weighted by atomic mass is 9.49. The van der Waals surface area contributed by atoms with Gasteiger partial charge in [-0.2, -0.15) is 0 Å². The van der Waals surface area contributed by atoms with Crippen LogP contribution >= 0.6 is 7.82 Å². The molecule has 6 heteroatoms. The van der Waals surface area contributed by atoms with Crippen molar-refractivity contribution in [3.8, 4) is 5.75 Å². The van der Waals surface area contributed by atoms with Gasteiger partial charge in [-0.25, -0.2) is 4.57 Å². The third kappa shape index (κ3) is 4.27. The number of unbranched alkanes of at least 4 members (excludes halogenated alkanes) is 1. The number of hydrogen-bond donors (Lipinski definition) is 1. The van der Waals surface area contributed by atoms with Crippen molar-refractivity contribution in [2.45, 2.75) is 78.2 Å². The van der Waals surface area contributed by atoms with E-state index in [-0.39, 0.29) is 10.8 Å². The highest BCUT2D eigenvalue weighted by Crippen LogP contribution is 2.59. The van der Waals surface area contributed by atoms with Crippen molar-refractivity contribution >= 4 is 7.82 Å². The zero-order valence-corrected chi connectivity index (χ0v) is 20.3. The summed E-state index contributed by atoms with van der Waals surface area (Å²) in [5.74, 6) is 0.408. The maximum atomic E-state index is 12.0. The molecule has 0 spiro atoms. The van der Waals surface area contributed by atoms with Crippen LogP contribution in [0.3, 0.4) is 0 Å². The first-order chi connectivity index (χ1) is 14.1. The molecule has 1 N–H and O–H groups in total. The van der Waals surface area contributed by atoms with Gasteiger partial charge in [0.05, 0.1) is 0 Å². The lowest BCUT2D eigenvalue weighted by Crippen LogP contribution is -2.64. The van der Waals surface area contributed by atoms with E-state index in [0.717, 1.165) is 25.9 Å². The monoisotopic (exact) mass is 435 g/mol. The van der Waals surface area contributed by atoms with Gasteiger partial charge >= 0.3 is 7.82 Å². The number of fused-ring (bicyclic) bond motifs is 4. The molecule has 2 bridgehead atoms. The first kappa shape index (κ1) is 23.5. The fourth-order valence-electron chi connectivity index (χ4n) is 5.56. The Morgan fingerprint density at radius 3 is 2.73 bits per heavy atom. The Morgan fingerprint density at radius 2 is 2.10 bits per heavy atom. The van der Waals surface area contributed by atoms with E-state index in [0.29, 0.717) is 11.8 Å². The summed E-state index contributed by atoms with van der Waals surface area (Å²) in [5, 5.41) is 0. The number of rotatable bonds is 8. The standard InChI is InChI=1S/C24H38NO4P/c1-7-8-12-24(5)22-16-19-9-10-20(29-30(26,27)28-6)17-21(19)23(24,4)13-15-25(22)14-11-18(2)3/h9-11,17,22H,7-8,12-16H2,1-6H3,(H,26,27). The number of likely N-dealkylation sites (tertiary alicyclic amines) is 1. The molecule has 4 atom stereocenters. The fourth-order valence-corrected chi connectivity index (χ4v) is 6.02. The Bertz CT molecular complexity index is 850. The molecule has 3 rings (SSSR count). The Balaban J connectivity index is 2.04. The predicted molar refractivity (Wildman–Crippen MR) is 122 cm³/mol. The van der Waals surface area contributed by atoms with Gasteiger partial charge in [-0.05, 0) is 68.3 Å². The summed E-state index contributed by atoms with van der Waals surface area (Å²) >= 11 is 0. The van der Waals surface area contributed by atoms with Crippen LogP contribution in [0, 0.1) is 5.41 Å². The molecule has 2 aliphatic rings. The van der Waals surface area contributed by atoms with Gasteiger partial charge < -0.3 is 4.52 Å². The number of benzene rings is 1. The average Bonchev–Trinajstić information content (AvgIpc) is 2.69. The van der Waals surface area contributed by atoms with E-state index in [2.05, 4.69) is 56.2 Å². The predicted octanol–water partition coefficient (Wildman–Crippen LogP) is 5.86. The number of nitrogens with zero attached hydrogens (tertiary/aromatic N) is 1. The zero-order valence-electron chi connectivity index (χ0n) is 19.4. The molecule has 4 unspecified atom stereocenters. The minimum atomic E-state index is -4.07. The summed E-state index contributed by atoms with van der Waals surface area (Å²) in [6.45, 7) is 13.5. The second-order valence-corrected chi connectivity index (χ2v) is 11.1. The first-order valence-corrected chi connectivity index (χ1v) is 12.6. The van der Waals surface area contributed by atoms with Gasteiger partial charge in [0.15, 0.2) is 0 Å². The highest BCUT2D eigenvalue weighted by molar-refractivity contribution is 7.47. The quantitative estimate of drug-likeness (QED) is 0.409. The molecule has 1 heterocycles. The van der Waals surface area contributed by atoms with Crippen molar-refractivity contribution in [3.05, 3.63) is 41.0 Å². The zero-order chi connectivity index (χ0) is 22.2. The van der Waals surface area contributed by atoms with Crippen molar-refractivity contribution in [1.82, 2.24) is 4.90 Å². The van der Waals surface area contributed by atoms with Gasteiger partial charge in [-0.1, -0.05) is 51.3 Å². The van der Waals surface area contributed by atoms with E-state index in [9.17, 15) is 9.46 Å². The van der Waals surface area contributed by atoms with Crippen molar-refractivity contribution in [1.29, 1.82) is 0 Å². The molecular formula is C24H38NO4P. The largest absolute Gasteiger partial charge is 0.527 e. The van der Waals surface area contributed by atoms with Crippen molar-refractivity contribution in [2.24, 2.45) is 5.41 Å². The van der Waals surface area contributed by atoms with Gasteiger partial charge in [0.2, 0.25) is 0 Å². The van der Waals surface area contributed by atoms with E-state index < -0.39 is 7.82 Å². The molecule has 168 valence electrons. The molecule has 0 radical (unpaired) electrons. The van der Waals surface area contributed by atoms with Crippen LogP contribution in [-0.4, -0.2) is 36.0 Å². The second-order valence-electron chi connectivity index (χ2n) is 9.66. The topological polar surface area (TPSA) is 59.0 Å². The van der Waals surface area contributed by atoms with Gasteiger partial charge in [-0.15, -0.1) is 0 Å². The first-order valence-electron chi connectivity index (χ1n) is 11.2. The molecule has 30 heavy (non-hydrogen) atoms. The van der Waals surface area contributed by atoms with Crippen LogP contribution in [0.1, 0.15) is 71.4 Å². The van der Waals surface area contributed by atoms with Gasteiger partial charge in [-0.3, -0.25) is 14.3 Å². The van der Waals surface area contributed by atoms with Gasteiger partial charge in [0, 0.05) is 25.1 Å². The average molecular weight is 436 g/mol. The van der Waals surface area contributed by atoms with Crippen LogP contribution in [0.4, 0.5) is 0 Å². The third-order valence-corrected chi connectivity index (χ3v) is 8.56. The third-order valence-electron chi connectivity index (χ3n) is 7.66. The normalized spacial score (nSPS) is 30.3. The molecule has 5 nitrogen and oxygen atoms in total. The minimum absolute atomic E-state index is 0.00617. The summed E-state index contributed by atoms with van der Waals surface area (Å²) in [6, 6.07) is 6.36. The van der Waals surface area contributed by atoms with E-state index in [1.807, 2.05) is 6.07 Å². The van der Waals surface area contributed by atoms with Crippen molar-refractivity contribution in [2.75, 3.05) is 20.2 Å². The lowest BCUT2D eigenvalue weighted by Gasteiger charge is -2.62. The molecule has 0 amide bonds. The van der Waals surface area contributed by atoms with E-state index in [1.165, 1.54) is 43.1 Å². The number of hydrogen-bond acceptors (Lipinski definition) is 4. The number of allylic oxidation sites excluding steroid dienone is 1. The smallest absolute Gasteiger partial charge is 0.404 e. The molecule has 1 aliphatic heterocycles. The van der Waals surface area contributed by atoms with Crippen LogP contribution in [0.15, 0.2) is 29.8 Å². The molecule has 1 saturated heterocycles. The minimum Gasteiger partial charge on any atom is -0.404 e. The van der Waals surface area contributed by atoms with Gasteiger partial charge in [0.1, 0.15) is 5.75 Å². The highest BCUT2D eigenvalue weighted by Gasteiger charge is 2.57. The molecule has 0 aromatic heterocycles. The van der Waals surface area contributed by atoms with Gasteiger partial charge in [0.25, 0.3) is 0 Å². The summed E-state index contributed by atoms with van der Waals surface area (Å²) in [7, 11) is -2.88. The summed E-state index contributed by atoms with van der Waals surface area (Å²) < 4.78 is 21.9. The highest BCUT2D eigenvalue weighted by atomic mass is 31.2. The number of phosphoric ester groups is 1. The lowest BCUT2D eigenvalue weighted by molar-refractivity contribution is -0.0518. The van der Waals surface area contributed by atoms with E-state index >= 15 is 0 Å². The summed E-state index contributed by atoms with van der Waals surface area (Å²) in [5.41, 5.74) is 4.09. The molecule has 1 aliphatic carbocycles. The van der Waals surface area contributed by atoms with Crippen LogP contribution in [0.25, 0.3) is 0 Å². The Hall–Kier alpha value is -1.13. The summed E-state index contributed by atoms with van der Waals surface area (Å²) in [6.07, 6.45) is 7.99. The fraction of sp³-hybridized carbons (Fsp3) is 0.667. The van der Waals surface area contributed by atoms with Crippen molar-refractivity contribution in [3.63, 3.8) is 0 Å². The van der Waals surface area contributed by atoms with E-state index in [4.69, 9.17) is 4.52 Å². The van der Waals surface area contributed by atoms with Crippen molar-refractivity contribution < 1.29 is 18.5 Å². The summed E-state index contributed by atoms with van der Waals surface area (Å²) in [4.78, 5) is 12.4. The molecule has 1 aromatic rings. The van der Waals surface area contributed by atoms with Crippen LogP contribution in [0.2, 0.25) is 0 Å². The maximum absolute atomic E-state index is 12.0. The van der Waals surface area contributed by atoms with Crippen LogP contribution < -0.4 is 4.52 Å². The molecular weight excluding hydrogens is 397 g/mol. The van der Waals surface area contributed by atoms with Crippen LogP contribution in [-0.2, 0) is 20.9 Å². The number of phosphoric acid groups is 1. The Morgan fingerprint density at radius 1 is 1.37 bits per heavy atom.